The molecular formula is C12H20N2O5. The summed E-state index contributed by atoms with van der Waals surface area (Å²) < 4.78 is 10.4. The molecule has 2 saturated heterocycles. The Labute approximate surface area is 111 Å². The van der Waals surface area contributed by atoms with E-state index >= 15 is 0 Å². The highest BCUT2D eigenvalue weighted by atomic mass is 16.5. The maximum absolute atomic E-state index is 12.3. The van der Waals surface area contributed by atoms with Gasteiger partial charge in [0.2, 0.25) is 5.91 Å². The standard InChI is InChI=1S/C12H20N2O5/c1-13-9-7-19-6-8(9)10(15)14-12(11(16)17)2-4-18-5-3-12/h8-9,13H,2-7H2,1H3,(H,14,15)(H,16,17). The number of carboxylic acids is 1. The molecule has 0 aromatic heterocycles. The van der Waals surface area contributed by atoms with Gasteiger partial charge in [-0.1, -0.05) is 0 Å². The number of rotatable bonds is 4. The number of hydrogen-bond donors (Lipinski definition) is 3. The van der Waals surface area contributed by atoms with Crippen LogP contribution in [-0.2, 0) is 19.1 Å². The van der Waals surface area contributed by atoms with Gasteiger partial charge < -0.3 is 25.2 Å². The fraction of sp³-hybridized carbons (Fsp3) is 0.833. The van der Waals surface area contributed by atoms with Gasteiger partial charge in [-0.05, 0) is 7.05 Å². The van der Waals surface area contributed by atoms with Crippen LogP contribution in [-0.4, -0.2) is 62.0 Å². The molecule has 108 valence electrons. The van der Waals surface area contributed by atoms with E-state index in [1.165, 1.54) is 0 Å². The van der Waals surface area contributed by atoms with Crippen molar-refractivity contribution in [1.82, 2.24) is 10.6 Å². The molecule has 0 radical (unpaired) electrons. The van der Waals surface area contributed by atoms with Crippen LogP contribution in [0.5, 0.6) is 0 Å². The van der Waals surface area contributed by atoms with Crippen LogP contribution in [0.4, 0.5) is 0 Å². The number of carbonyl (C=O) groups excluding carboxylic acids is 1. The van der Waals surface area contributed by atoms with Gasteiger partial charge in [-0.25, -0.2) is 4.79 Å². The van der Waals surface area contributed by atoms with Crippen molar-refractivity contribution in [3.63, 3.8) is 0 Å². The molecular weight excluding hydrogens is 252 g/mol. The van der Waals surface area contributed by atoms with Crippen molar-refractivity contribution in [3.05, 3.63) is 0 Å². The third kappa shape index (κ3) is 2.88. The molecule has 0 spiro atoms. The Hall–Kier alpha value is -1.18. The summed E-state index contributed by atoms with van der Waals surface area (Å²) in [5.74, 6) is -1.60. The van der Waals surface area contributed by atoms with Crippen molar-refractivity contribution in [3.8, 4) is 0 Å². The zero-order chi connectivity index (χ0) is 13.9. The van der Waals surface area contributed by atoms with E-state index in [9.17, 15) is 14.7 Å². The Morgan fingerprint density at radius 1 is 1.21 bits per heavy atom. The van der Waals surface area contributed by atoms with Crippen molar-refractivity contribution < 1.29 is 24.2 Å². The molecule has 0 aromatic rings. The SMILES string of the molecule is CNC1COCC1C(=O)NC1(C(=O)O)CCOCC1. The highest BCUT2D eigenvalue weighted by Crippen LogP contribution is 2.23. The summed E-state index contributed by atoms with van der Waals surface area (Å²) in [6.45, 7) is 1.49. The van der Waals surface area contributed by atoms with E-state index in [-0.39, 0.29) is 17.9 Å². The van der Waals surface area contributed by atoms with Crippen molar-refractivity contribution >= 4 is 11.9 Å². The van der Waals surface area contributed by atoms with Gasteiger partial charge in [0.1, 0.15) is 5.54 Å². The van der Waals surface area contributed by atoms with Crippen LogP contribution in [0.15, 0.2) is 0 Å². The molecule has 0 aromatic carbocycles. The summed E-state index contributed by atoms with van der Waals surface area (Å²) in [6, 6.07) is -0.0642. The Kier molecular flexibility index (Phi) is 4.38. The average Bonchev–Trinajstić information content (AvgIpc) is 2.88. The van der Waals surface area contributed by atoms with Gasteiger partial charge in [0.15, 0.2) is 0 Å². The summed E-state index contributed by atoms with van der Waals surface area (Å²) in [6.07, 6.45) is 0.595. The minimum atomic E-state index is -1.20. The third-order valence-electron chi connectivity index (χ3n) is 3.91. The van der Waals surface area contributed by atoms with Gasteiger partial charge in [0.25, 0.3) is 0 Å². The van der Waals surface area contributed by atoms with Crippen LogP contribution in [0.25, 0.3) is 0 Å². The quantitative estimate of drug-likeness (QED) is 0.605. The first-order valence-corrected chi connectivity index (χ1v) is 6.47. The second-order valence-electron chi connectivity index (χ2n) is 5.03. The minimum Gasteiger partial charge on any atom is -0.480 e. The maximum Gasteiger partial charge on any atom is 0.329 e. The molecule has 19 heavy (non-hydrogen) atoms. The van der Waals surface area contributed by atoms with Crippen LogP contribution in [0.3, 0.4) is 0 Å². The van der Waals surface area contributed by atoms with Gasteiger partial charge in [-0.2, -0.15) is 0 Å². The van der Waals surface area contributed by atoms with E-state index in [1.54, 1.807) is 7.05 Å². The number of hydrogen-bond acceptors (Lipinski definition) is 5. The monoisotopic (exact) mass is 272 g/mol. The topological polar surface area (TPSA) is 96.9 Å². The van der Waals surface area contributed by atoms with Crippen LogP contribution < -0.4 is 10.6 Å². The van der Waals surface area contributed by atoms with E-state index < -0.39 is 11.5 Å². The van der Waals surface area contributed by atoms with E-state index in [0.29, 0.717) is 39.3 Å². The smallest absolute Gasteiger partial charge is 0.329 e. The Morgan fingerprint density at radius 3 is 2.47 bits per heavy atom. The maximum atomic E-state index is 12.3. The zero-order valence-corrected chi connectivity index (χ0v) is 11.0. The molecule has 7 nitrogen and oxygen atoms in total. The zero-order valence-electron chi connectivity index (χ0n) is 11.0. The van der Waals surface area contributed by atoms with Crippen LogP contribution in [0, 0.1) is 5.92 Å². The van der Waals surface area contributed by atoms with Gasteiger partial charge >= 0.3 is 5.97 Å². The first kappa shape index (κ1) is 14.2. The second-order valence-corrected chi connectivity index (χ2v) is 5.03. The lowest BCUT2D eigenvalue weighted by Gasteiger charge is -2.35. The molecule has 2 rings (SSSR count). The highest BCUT2D eigenvalue weighted by molar-refractivity contribution is 5.88. The summed E-state index contributed by atoms with van der Waals surface area (Å²) in [5.41, 5.74) is -1.20. The van der Waals surface area contributed by atoms with Crippen LogP contribution in [0.2, 0.25) is 0 Å². The fourth-order valence-corrected chi connectivity index (χ4v) is 2.54. The van der Waals surface area contributed by atoms with Crippen LogP contribution >= 0.6 is 0 Å². The lowest BCUT2D eigenvalue weighted by Crippen LogP contribution is -2.60. The molecule has 0 aliphatic carbocycles. The summed E-state index contributed by atoms with van der Waals surface area (Å²) in [5, 5.41) is 15.1. The molecule has 0 saturated carbocycles. The molecule has 0 bridgehead atoms. The molecule has 2 fully saturated rings. The summed E-state index contributed by atoms with van der Waals surface area (Å²) in [4.78, 5) is 23.7. The predicted octanol–water partition coefficient (Wildman–Crippen LogP) is -1.03. The molecule has 2 unspecified atom stereocenters. The van der Waals surface area contributed by atoms with E-state index in [2.05, 4.69) is 10.6 Å². The lowest BCUT2D eigenvalue weighted by atomic mass is 9.89. The number of likely N-dealkylation sites (N-methyl/N-ethyl adjacent to an activating group) is 1. The Bertz CT molecular complexity index is 354. The number of carboxylic acid groups (broad SMARTS) is 1. The third-order valence-corrected chi connectivity index (χ3v) is 3.91. The number of nitrogens with one attached hydrogen (secondary N) is 2. The average molecular weight is 272 g/mol. The summed E-state index contributed by atoms with van der Waals surface area (Å²) >= 11 is 0. The van der Waals surface area contributed by atoms with Crippen molar-refractivity contribution in [2.45, 2.75) is 24.4 Å². The number of aliphatic carboxylic acids is 1. The van der Waals surface area contributed by atoms with Crippen molar-refractivity contribution in [1.29, 1.82) is 0 Å². The predicted molar refractivity (Wildman–Crippen MR) is 65.7 cm³/mol. The van der Waals surface area contributed by atoms with E-state index in [0.717, 1.165) is 0 Å². The minimum absolute atomic E-state index is 0.0642. The molecule has 1 amide bonds. The van der Waals surface area contributed by atoms with Crippen LogP contribution in [0.1, 0.15) is 12.8 Å². The first-order chi connectivity index (χ1) is 9.09. The second kappa shape index (κ2) is 5.85. The number of carbonyl (C=O) groups is 2. The first-order valence-electron chi connectivity index (χ1n) is 6.47. The largest absolute Gasteiger partial charge is 0.480 e. The van der Waals surface area contributed by atoms with Gasteiger partial charge in [-0.3, -0.25) is 4.79 Å². The molecule has 2 aliphatic rings. The highest BCUT2D eigenvalue weighted by Gasteiger charge is 2.44. The Morgan fingerprint density at radius 2 is 1.89 bits per heavy atom. The molecule has 2 aliphatic heterocycles. The van der Waals surface area contributed by atoms with Crippen molar-refractivity contribution in [2.24, 2.45) is 5.92 Å². The molecule has 2 heterocycles. The van der Waals surface area contributed by atoms with Gasteiger partial charge in [0, 0.05) is 32.1 Å². The Balaban J connectivity index is 2.04. The molecule has 3 N–H and O–H groups in total. The molecule has 2 atom stereocenters. The number of amides is 1. The number of ether oxygens (including phenoxy) is 2. The molecule has 7 heteroatoms. The lowest BCUT2D eigenvalue weighted by molar-refractivity contribution is -0.152. The fourth-order valence-electron chi connectivity index (χ4n) is 2.54. The normalized spacial score (nSPS) is 29.9. The van der Waals surface area contributed by atoms with E-state index in [4.69, 9.17) is 9.47 Å². The van der Waals surface area contributed by atoms with Crippen molar-refractivity contribution in [2.75, 3.05) is 33.5 Å². The van der Waals surface area contributed by atoms with Gasteiger partial charge in [0.05, 0.1) is 19.1 Å². The van der Waals surface area contributed by atoms with Gasteiger partial charge in [-0.15, -0.1) is 0 Å². The van der Waals surface area contributed by atoms with E-state index in [1.807, 2.05) is 0 Å². The summed E-state index contributed by atoms with van der Waals surface area (Å²) in [7, 11) is 1.76.